The van der Waals surface area contributed by atoms with Gasteiger partial charge in [0.1, 0.15) is 0 Å². The second kappa shape index (κ2) is 6.10. The molecule has 2 aliphatic rings. The molecule has 0 saturated carbocycles. The lowest BCUT2D eigenvalue weighted by atomic mass is 9.95. The second-order valence-electron chi connectivity index (χ2n) is 6.46. The number of aromatic nitrogens is 2. The summed E-state index contributed by atoms with van der Waals surface area (Å²) in [5, 5.41) is 6.86. The highest BCUT2D eigenvalue weighted by Gasteiger charge is 2.53. The van der Waals surface area contributed by atoms with Crippen LogP contribution in [0.3, 0.4) is 0 Å². The zero-order valence-corrected chi connectivity index (χ0v) is 13.0. The molecule has 3 rings (SSSR count). The summed E-state index contributed by atoms with van der Waals surface area (Å²) in [5.41, 5.74) is 6.96. The smallest absolute Gasteiger partial charge is 0.369 e. The SMILES string of the molecule is NC(=O)[C@@H]1CN(C(=O)c2n[nH]c3c2CCCCC3)C[C@H]1C(F)(F)F. The van der Waals surface area contributed by atoms with Gasteiger partial charge < -0.3 is 10.6 Å². The molecule has 0 radical (unpaired) electrons. The fraction of sp³-hybridized carbons (Fsp3) is 0.667. The normalized spacial score (nSPS) is 24.5. The van der Waals surface area contributed by atoms with Crippen molar-refractivity contribution in [1.29, 1.82) is 0 Å². The van der Waals surface area contributed by atoms with Gasteiger partial charge in [-0.3, -0.25) is 14.7 Å². The number of carbonyl (C=O) groups excluding carboxylic acids is 2. The third kappa shape index (κ3) is 2.99. The van der Waals surface area contributed by atoms with E-state index >= 15 is 0 Å². The minimum atomic E-state index is -4.57. The van der Waals surface area contributed by atoms with E-state index in [4.69, 9.17) is 5.73 Å². The predicted molar refractivity (Wildman–Crippen MR) is 78.0 cm³/mol. The van der Waals surface area contributed by atoms with E-state index < -0.39 is 36.4 Å². The summed E-state index contributed by atoms with van der Waals surface area (Å²) in [6.45, 7) is -0.877. The zero-order chi connectivity index (χ0) is 17.5. The number of H-pyrrole nitrogens is 1. The highest BCUT2D eigenvalue weighted by atomic mass is 19.4. The molecule has 3 N–H and O–H groups in total. The molecule has 0 unspecified atom stereocenters. The molecular weight excluding hydrogens is 325 g/mol. The lowest BCUT2D eigenvalue weighted by molar-refractivity contribution is -0.182. The van der Waals surface area contributed by atoms with Crippen molar-refractivity contribution in [3.8, 4) is 0 Å². The van der Waals surface area contributed by atoms with E-state index in [1.54, 1.807) is 0 Å². The van der Waals surface area contributed by atoms with Crippen molar-refractivity contribution < 1.29 is 22.8 Å². The van der Waals surface area contributed by atoms with Crippen LogP contribution in [0.15, 0.2) is 0 Å². The molecule has 1 fully saturated rings. The third-order valence-electron chi connectivity index (χ3n) is 4.90. The highest BCUT2D eigenvalue weighted by Crippen LogP contribution is 2.38. The van der Waals surface area contributed by atoms with Gasteiger partial charge in [0.05, 0.1) is 11.8 Å². The molecule has 2 atom stereocenters. The number of halogens is 3. The van der Waals surface area contributed by atoms with Gasteiger partial charge in [-0.05, 0) is 25.7 Å². The molecule has 0 bridgehead atoms. The maximum atomic E-state index is 13.1. The van der Waals surface area contributed by atoms with E-state index in [0.717, 1.165) is 41.8 Å². The molecule has 1 saturated heterocycles. The lowest BCUT2D eigenvalue weighted by Gasteiger charge is -2.18. The summed E-state index contributed by atoms with van der Waals surface area (Å²) in [4.78, 5) is 25.1. The second-order valence-corrected chi connectivity index (χ2v) is 6.46. The Morgan fingerprint density at radius 1 is 1.17 bits per heavy atom. The molecule has 1 aliphatic heterocycles. The Hall–Kier alpha value is -2.06. The fourth-order valence-corrected chi connectivity index (χ4v) is 3.57. The quantitative estimate of drug-likeness (QED) is 0.795. The van der Waals surface area contributed by atoms with Crippen molar-refractivity contribution in [2.24, 2.45) is 17.6 Å². The largest absolute Gasteiger partial charge is 0.394 e. The van der Waals surface area contributed by atoms with Crippen LogP contribution in [-0.2, 0) is 17.6 Å². The van der Waals surface area contributed by atoms with Crippen molar-refractivity contribution in [2.75, 3.05) is 13.1 Å². The van der Waals surface area contributed by atoms with Crippen LogP contribution in [0.25, 0.3) is 0 Å². The number of aryl methyl sites for hydroxylation is 1. The van der Waals surface area contributed by atoms with E-state index in [1.165, 1.54) is 0 Å². The molecular formula is C15H19F3N4O2. The molecule has 9 heteroatoms. The summed E-state index contributed by atoms with van der Waals surface area (Å²) in [5.74, 6) is -4.93. The standard InChI is InChI=1S/C15H19F3N4O2/c16-15(17,18)10-7-22(6-9(10)13(19)23)14(24)12-8-4-2-1-3-5-11(8)20-21-12/h9-10H,1-7H2,(H2,19,23)(H,20,21)/t9-,10-/m1/s1. The van der Waals surface area contributed by atoms with Crippen molar-refractivity contribution in [2.45, 2.75) is 38.3 Å². The van der Waals surface area contributed by atoms with Crippen LogP contribution in [0.1, 0.15) is 41.0 Å². The van der Waals surface area contributed by atoms with Gasteiger partial charge in [0, 0.05) is 24.3 Å². The minimum Gasteiger partial charge on any atom is -0.369 e. The molecule has 0 aromatic carbocycles. The zero-order valence-electron chi connectivity index (χ0n) is 13.0. The summed E-state index contributed by atoms with van der Waals surface area (Å²) in [7, 11) is 0. The van der Waals surface area contributed by atoms with Gasteiger partial charge in [-0.25, -0.2) is 0 Å². The number of aromatic amines is 1. The molecule has 132 valence electrons. The number of hydrogen-bond donors (Lipinski definition) is 2. The maximum absolute atomic E-state index is 13.1. The first-order valence-electron chi connectivity index (χ1n) is 8.00. The van der Waals surface area contributed by atoms with Gasteiger partial charge in [-0.1, -0.05) is 6.42 Å². The molecule has 24 heavy (non-hydrogen) atoms. The summed E-state index contributed by atoms with van der Waals surface area (Å²) < 4.78 is 39.3. The Kier molecular flexibility index (Phi) is 4.27. The number of carbonyl (C=O) groups is 2. The van der Waals surface area contributed by atoms with E-state index in [2.05, 4.69) is 10.2 Å². The van der Waals surface area contributed by atoms with Crippen LogP contribution < -0.4 is 5.73 Å². The van der Waals surface area contributed by atoms with Crippen LogP contribution in [0, 0.1) is 11.8 Å². The molecule has 1 aromatic heterocycles. The topological polar surface area (TPSA) is 92.1 Å². The highest BCUT2D eigenvalue weighted by molar-refractivity contribution is 5.95. The number of fused-ring (bicyclic) bond motifs is 1. The van der Waals surface area contributed by atoms with Crippen LogP contribution in [0.2, 0.25) is 0 Å². The van der Waals surface area contributed by atoms with Gasteiger partial charge >= 0.3 is 6.18 Å². The number of hydrogen-bond acceptors (Lipinski definition) is 3. The van der Waals surface area contributed by atoms with Crippen molar-refractivity contribution >= 4 is 11.8 Å². The number of nitrogens with zero attached hydrogens (tertiary/aromatic N) is 2. The van der Waals surface area contributed by atoms with E-state index in [-0.39, 0.29) is 12.2 Å². The lowest BCUT2D eigenvalue weighted by Crippen LogP contribution is -2.37. The van der Waals surface area contributed by atoms with Crippen molar-refractivity contribution in [1.82, 2.24) is 15.1 Å². The molecule has 6 nitrogen and oxygen atoms in total. The van der Waals surface area contributed by atoms with Gasteiger partial charge in [0.2, 0.25) is 5.91 Å². The molecule has 2 heterocycles. The third-order valence-corrected chi connectivity index (χ3v) is 4.90. The summed E-state index contributed by atoms with van der Waals surface area (Å²) >= 11 is 0. The first-order chi connectivity index (χ1) is 11.3. The number of likely N-dealkylation sites (tertiary alicyclic amines) is 1. The van der Waals surface area contributed by atoms with Crippen LogP contribution >= 0.6 is 0 Å². The van der Waals surface area contributed by atoms with Crippen molar-refractivity contribution in [3.05, 3.63) is 17.0 Å². The van der Waals surface area contributed by atoms with Gasteiger partial charge in [0.15, 0.2) is 5.69 Å². The number of alkyl halides is 3. The van der Waals surface area contributed by atoms with Gasteiger partial charge in [-0.15, -0.1) is 0 Å². The van der Waals surface area contributed by atoms with E-state index in [1.807, 2.05) is 0 Å². The number of rotatable bonds is 2. The average molecular weight is 344 g/mol. The Morgan fingerprint density at radius 3 is 2.50 bits per heavy atom. The maximum Gasteiger partial charge on any atom is 0.394 e. The monoisotopic (exact) mass is 344 g/mol. The Bertz CT molecular complexity index is 656. The molecule has 1 aliphatic carbocycles. The van der Waals surface area contributed by atoms with Crippen LogP contribution in [0.4, 0.5) is 13.2 Å². The Morgan fingerprint density at radius 2 is 1.88 bits per heavy atom. The molecule has 1 aromatic rings. The first-order valence-corrected chi connectivity index (χ1v) is 8.00. The Balaban J connectivity index is 1.84. The number of nitrogens with one attached hydrogen (secondary N) is 1. The minimum absolute atomic E-state index is 0.179. The molecule has 2 amide bonds. The average Bonchev–Trinajstić information content (AvgIpc) is 3.05. The fourth-order valence-electron chi connectivity index (χ4n) is 3.57. The predicted octanol–water partition coefficient (Wildman–Crippen LogP) is 1.41. The number of nitrogens with two attached hydrogens (primary N) is 1. The van der Waals surface area contributed by atoms with Gasteiger partial charge in [-0.2, -0.15) is 18.3 Å². The van der Waals surface area contributed by atoms with Gasteiger partial charge in [0.25, 0.3) is 5.91 Å². The number of primary amides is 1. The van der Waals surface area contributed by atoms with Crippen LogP contribution in [-0.4, -0.2) is 46.2 Å². The summed E-state index contributed by atoms with van der Waals surface area (Å²) in [6.07, 6.45) is -0.154. The van der Waals surface area contributed by atoms with E-state index in [0.29, 0.717) is 6.42 Å². The first kappa shape index (κ1) is 16.8. The van der Waals surface area contributed by atoms with E-state index in [9.17, 15) is 22.8 Å². The molecule has 0 spiro atoms. The van der Waals surface area contributed by atoms with Crippen molar-refractivity contribution in [3.63, 3.8) is 0 Å². The van der Waals surface area contributed by atoms with Crippen LogP contribution in [0.5, 0.6) is 0 Å². The summed E-state index contributed by atoms with van der Waals surface area (Å²) in [6, 6.07) is 0. The number of amides is 2. The Labute approximate surface area is 136 Å².